The van der Waals surface area contributed by atoms with Gasteiger partial charge in [-0.05, 0) is 33.6 Å². The van der Waals surface area contributed by atoms with E-state index in [0.717, 1.165) is 6.26 Å². The summed E-state index contributed by atoms with van der Waals surface area (Å²) in [6, 6.07) is 0. The van der Waals surface area contributed by atoms with Crippen LogP contribution in [0.4, 0.5) is 0 Å². The maximum absolute atomic E-state index is 11.6. The van der Waals surface area contributed by atoms with Gasteiger partial charge in [0.2, 0.25) is 5.91 Å². The zero-order valence-electron chi connectivity index (χ0n) is 10.3. The molecule has 0 aromatic rings. The van der Waals surface area contributed by atoms with Gasteiger partial charge in [-0.2, -0.15) is 0 Å². The lowest BCUT2D eigenvalue weighted by atomic mass is 10.2. The van der Waals surface area contributed by atoms with Crippen molar-refractivity contribution >= 4 is 15.7 Å². The minimum absolute atomic E-state index is 0.378. The predicted octanol–water partition coefficient (Wildman–Crippen LogP) is 0.0868. The molecular formula is C10H21NO4S. The standard InChI is InChI=1S/C10H21NO4S/c1-8(12)6-5-7-11-9(13)10(2,3)16(4,14)15/h8,12H,5-7H2,1-4H3,(H,11,13). The molecule has 16 heavy (non-hydrogen) atoms. The minimum atomic E-state index is -3.42. The first-order chi connectivity index (χ1) is 7.09. The number of aliphatic hydroxyl groups is 1. The van der Waals surface area contributed by atoms with Gasteiger partial charge in [0.1, 0.15) is 4.75 Å². The molecular weight excluding hydrogens is 230 g/mol. The maximum atomic E-state index is 11.6. The maximum Gasteiger partial charge on any atom is 0.240 e. The Balaban J connectivity index is 4.18. The Bertz CT molecular complexity index is 333. The van der Waals surface area contributed by atoms with Crippen LogP contribution in [0.25, 0.3) is 0 Å². The molecule has 0 aliphatic carbocycles. The van der Waals surface area contributed by atoms with Crippen molar-refractivity contribution in [2.75, 3.05) is 12.8 Å². The van der Waals surface area contributed by atoms with Gasteiger partial charge in [0, 0.05) is 12.8 Å². The highest BCUT2D eigenvalue weighted by molar-refractivity contribution is 7.92. The van der Waals surface area contributed by atoms with Crippen LogP contribution in [0.15, 0.2) is 0 Å². The normalized spacial score (nSPS) is 14.6. The summed E-state index contributed by atoms with van der Waals surface area (Å²) in [5.74, 6) is -0.499. The summed E-state index contributed by atoms with van der Waals surface area (Å²) in [4.78, 5) is 11.6. The lowest BCUT2D eigenvalue weighted by Gasteiger charge is -2.21. The number of amides is 1. The van der Waals surface area contributed by atoms with Crippen molar-refractivity contribution in [3.8, 4) is 0 Å². The number of carbonyl (C=O) groups excluding carboxylic acids is 1. The van der Waals surface area contributed by atoms with Gasteiger partial charge < -0.3 is 10.4 Å². The fourth-order valence-electron chi connectivity index (χ4n) is 0.981. The van der Waals surface area contributed by atoms with Crippen LogP contribution in [0.5, 0.6) is 0 Å². The van der Waals surface area contributed by atoms with Gasteiger partial charge in [0.15, 0.2) is 9.84 Å². The van der Waals surface area contributed by atoms with Crippen LogP contribution in [0.1, 0.15) is 33.6 Å². The summed E-state index contributed by atoms with van der Waals surface area (Å²) in [5, 5.41) is 11.6. The molecule has 6 heteroatoms. The molecule has 0 aromatic heterocycles. The number of aliphatic hydroxyl groups excluding tert-OH is 1. The summed E-state index contributed by atoms with van der Waals surface area (Å²) in [6.45, 7) is 4.81. The van der Waals surface area contributed by atoms with Crippen LogP contribution in [0.3, 0.4) is 0 Å². The van der Waals surface area contributed by atoms with Crippen molar-refractivity contribution in [3.63, 3.8) is 0 Å². The van der Waals surface area contributed by atoms with Crippen LogP contribution in [-0.2, 0) is 14.6 Å². The highest BCUT2D eigenvalue weighted by Gasteiger charge is 2.37. The molecule has 0 aromatic carbocycles. The summed E-state index contributed by atoms with van der Waals surface area (Å²) in [6.07, 6.45) is 1.85. The number of nitrogens with one attached hydrogen (secondary N) is 1. The van der Waals surface area contributed by atoms with Crippen molar-refractivity contribution in [2.45, 2.75) is 44.5 Å². The molecule has 1 atom stereocenters. The van der Waals surface area contributed by atoms with E-state index in [4.69, 9.17) is 5.11 Å². The van der Waals surface area contributed by atoms with Gasteiger partial charge in [-0.25, -0.2) is 8.42 Å². The largest absolute Gasteiger partial charge is 0.393 e. The second kappa shape index (κ2) is 5.63. The molecule has 2 N–H and O–H groups in total. The van der Waals surface area contributed by atoms with Gasteiger partial charge in [-0.15, -0.1) is 0 Å². The van der Waals surface area contributed by atoms with Gasteiger partial charge >= 0.3 is 0 Å². The fourth-order valence-corrected chi connectivity index (χ4v) is 1.39. The Morgan fingerprint density at radius 3 is 2.31 bits per heavy atom. The van der Waals surface area contributed by atoms with E-state index < -0.39 is 26.6 Å². The molecule has 0 aliphatic heterocycles. The molecule has 96 valence electrons. The van der Waals surface area contributed by atoms with Gasteiger partial charge in [0.05, 0.1) is 6.10 Å². The Morgan fingerprint density at radius 1 is 1.44 bits per heavy atom. The summed E-state index contributed by atoms with van der Waals surface area (Å²) in [7, 11) is -3.42. The first-order valence-electron chi connectivity index (χ1n) is 5.25. The fraction of sp³-hybridized carbons (Fsp3) is 0.900. The zero-order chi connectivity index (χ0) is 13.0. The van der Waals surface area contributed by atoms with Crippen LogP contribution >= 0.6 is 0 Å². The molecule has 1 amide bonds. The van der Waals surface area contributed by atoms with E-state index in [0.29, 0.717) is 19.4 Å². The minimum Gasteiger partial charge on any atom is -0.393 e. The second-order valence-corrected chi connectivity index (χ2v) is 7.09. The first kappa shape index (κ1) is 15.4. The summed E-state index contributed by atoms with van der Waals surface area (Å²) >= 11 is 0. The molecule has 0 rings (SSSR count). The average Bonchev–Trinajstić information content (AvgIpc) is 2.09. The second-order valence-electron chi connectivity index (χ2n) is 4.53. The first-order valence-corrected chi connectivity index (χ1v) is 7.14. The van der Waals surface area contributed by atoms with E-state index in [9.17, 15) is 13.2 Å². The topological polar surface area (TPSA) is 83.5 Å². The van der Waals surface area contributed by atoms with Crippen molar-refractivity contribution in [1.29, 1.82) is 0 Å². The Morgan fingerprint density at radius 2 is 1.94 bits per heavy atom. The molecule has 0 saturated heterocycles. The molecule has 5 nitrogen and oxygen atoms in total. The van der Waals surface area contributed by atoms with Gasteiger partial charge in [-0.3, -0.25) is 4.79 Å². The van der Waals surface area contributed by atoms with Gasteiger partial charge in [-0.1, -0.05) is 0 Å². The van der Waals surface area contributed by atoms with E-state index in [2.05, 4.69) is 5.32 Å². The molecule has 0 spiro atoms. The number of sulfone groups is 1. The molecule has 0 bridgehead atoms. The lowest BCUT2D eigenvalue weighted by molar-refractivity contribution is -0.122. The van der Waals surface area contributed by atoms with Crippen molar-refractivity contribution in [1.82, 2.24) is 5.32 Å². The highest BCUT2D eigenvalue weighted by atomic mass is 32.2. The molecule has 0 heterocycles. The van der Waals surface area contributed by atoms with Crippen LogP contribution < -0.4 is 5.32 Å². The molecule has 0 fully saturated rings. The van der Waals surface area contributed by atoms with Crippen LogP contribution in [-0.4, -0.2) is 43.1 Å². The van der Waals surface area contributed by atoms with E-state index in [1.807, 2.05) is 0 Å². The Labute approximate surface area is 97.2 Å². The number of carbonyl (C=O) groups is 1. The van der Waals surface area contributed by atoms with Crippen molar-refractivity contribution in [3.05, 3.63) is 0 Å². The predicted molar refractivity (Wildman–Crippen MR) is 62.8 cm³/mol. The van der Waals surface area contributed by atoms with Crippen LogP contribution in [0, 0.1) is 0 Å². The third-order valence-corrected chi connectivity index (χ3v) is 4.60. The lowest BCUT2D eigenvalue weighted by Crippen LogP contribution is -2.47. The van der Waals surface area contributed by atoms with E-state index in [1.165, 1.54) is 13.8 Å². The molecule has 0 saturated carbocycles. The van der Waals surface area contributed by atoms with Crippen molar-refractivity contribution in [2.24, 2.45) is 0 Å². The van der Waals surface area contributed by atoms with Gasteiger partial charge in [0.25, 0.3) is 0 Å². The molecule has 0 radical (unpaired) electrons. The molecule has 1 unspecified atom stereocenters. The smallest absolute Gasteiger partial charge is 0.240 e. The monoisotopic (exact) mass is 251 g/mol. The van der Waals surface area contributed by atoms with E-state index >= 15 is 0 Å². The average molecular weight is 251 g/mol. The third-order valence-electron chi connectivity index (χ3n) is 2.56. The molecule has 0 aliphatic rings. The zero-order valence-corrected chi connectivity index (χ0v) is 11.1. The Kier molecular flexibility index (Phi) is 5.41. The highest BCUT2D eigenvalue weighted by Crippen LogP contribution is 2.14. The number of hydrogen-bond donors (Lipinski definition) is 2. The summed E-state index contributed by atoms with van der Waals surface area (Å²) < 4.78 is 21.3. The quantitative estimate of drug-likeness (QED) is 0.655. The SMILES string of the molecule is CC(O)CCCNC(=O)C(C)(C)S(C)(=O)=O. The van der Waals surface area contributed by atoms with E-state index in [1.54, 1.807) is 6.92 Å². The summed E-state index contributed by atoms with van der Waals surface area (Å²) in [5.41, 5.74) is 0. The van der Waals surface area contributed by atoms with Crippen molar-refractivity contribution < 1.29 is 18.3 Å². The van der Waals surface area contributed by atoms with Crippen LogP contribution in [0.2, 0.25) is 0 Å². The third kappa shape index (κ3) is 4.49. The number of rotatable bonds is 6. The number of hydrogen-bond acceptors (Lipinski definition) is 4. The Hall–Kier alpha value is -0.620. The van der Waals surface area contributed by atoms with E-state index in [-0.39, 0.29) is 0 Å².